The molecule has 0 saturated heterocycles. The summed E-state index contributed by atoms with van der Waals surface area (Å²) in [4.78, 5) is 23.7. The lowest BCUT2D eigenvalue weighted by molar-refractivity contribution is -0.117. The zero-order valence-electron chi connectivity index (χ0n) is 11.8. The summed E-state index contributed by atoms with van der Waals surface area (Å²) in [5.74, 6) is -1.32. The van der Waals surface area contributed by atoms with Gasteiger partial charge in [0, 0.05) is 6.26 Å². The Morgan fingerprint density at radius 2 is 1.75 bits per heavy atom. The van der Waals surface area contributed by atoms with Crippen LogP contribution in [0.3, 0.4) is 0 Å². The first kappa shape index (κ1) is 16.2. The van der Waals surface area contributed by atoms with Crippen molar-refractivity contribution in [2.24, 2.45) is 0 Å². The number of nitrogens with one attached hydrogen (secondary N) is 1. The second kappa shape index (κ2) is 5.62. The number of para-hydroxylation sites is 1. The molecule has 7 heteroatoms. The fourth-order valence-electron chi connectivity index (χ4n) is 1.32. The summed E-state index contributed by atoms with van der Waals surface area (Å²) < 4.78 is 26.2. The molecule has 0 atom stereocenters. The maximum atomic E-state index is 12.1. The highest BCUT2D eigenvalue weighted by atomic mass is 32.2. The first-order chi connectivity index (χ1) is 9.11. The van der Waals surface area contributed by atoms with Crippen molar-refractivity contribution in [2.45, 2.75) is 18.6 Å². The van der Waals surface area contributed by atoms with E-state index in [-0.39, 0.29) is 11.3 Å². The van der Waals surface area contributed by atoms with Crippen LogP contribution in [0.4, 0.5) is 5.69 Å². The maximum absolute atomic E-state index is 12.1. The van der Waals surface area contributed by atoms with Gasteiger partial charge >= 0.3 is 5.97 Å². The molecule has 0 aliphatic heterocycles. The molecule has 0 spiro atoms. The molecule has 0 fully saturated rings. The van der Waals surface area contributed by atoms with Gasteiger partial charge < -0.3 is 10.1 Å². The molecule has 1 N–H and O–H groups in total. The molecule has 20 heavy (non-hydrogen) atoms. The van der Waals surface area contributed by atoms with E-state index in [4.69, 9.17) is 0 Å². The average molecular weight is 299 g/mol. The molecule has 6 nitrogen and oxygen atoms in total. The van der Waals surface area contributed by atoms with Crippen molar-refractivity contribution in [3.8, 4) is 0 Å². The smallest absolute Gasteiger partial charge is 0.339 e. The van der Waals surface area contributed by atoms with Crippen molar-refractivity contribution in [1.82, 2.24) is 0 Å². The Labute approximate surface area is 118 Å². The van der Waals surface area contributed by atoms with Crippen LogP contribution in [0.5, 0.6) is 0 Å². The standard InChI is InChI=1S/C13H17NO5S/c1-13(2,20(4,17)18)12(16)14-10-8-6-5-7-9(10)11(15)19-3/h5-8H,1-4H3,(H,14,16). The highest BCUT2D eigenvalue weighted by molar-refractivity contribution is 7.92. The average Bonchev–Trinajstić information content (AvgIpc) is 2.37. The van der Waals surface area contributed by atoms with Gasteiger partial charge in [0.25, 0.3) is 0 Å². The molecule has 1 amide bonds. The third kappa shape index (κ3) is 3.16. The van der Waals surface area contributed by atoms with Crippen LogP contribution in [0, 0.1) is 0 Å². The lowest BCUT2D eigenvalue weighted by Gasteiger charge is -2.22. The molecule has 0 heterocycles. The quantitative estimate of drug-likeness (QED) is 0.845. The normalized spacial score (nSPS) is 11.8. The van der Waals surface area contributed by atoms with Gasteiger partial charge in [0.15, 0.2) is 9.84 Å². The number of amides is 1. The van der Waals surface area contributed by atoms with E-state index in [1.165, 1.54) is 33.1 Å². The number of carbonyl (C=O) groups excluding carboxylic acids is 2. The Morgan fingerprint density at radius 3 is 2.25 bits per heavy atom. The number of carbonyl (C=O) groups is 2. The predicted octanol–water partition coefficient (Wildman–Crippen LogP) is 1.23. The summed E-state index contributed by atoms with van der Waals surface area (Å²) in [5, 5.41) is 2.45. The van der Waals surface area contributed by atoms with E-state index >= 15 is 0 Å². The number of esters is 1. The molecule has 0 aromatic heterocycles. The van der Waals surface area contributed by atoms with Crippen molar-refractivity contribution in [1.29, 1.82) is 0 Å². The van der Waals surface area contributed by atoms with E-state index in [1.807, 2.05) is 0 Å². The number of rotatable bonds is 4. The van der Waals surface area contributed by atoms with Gasteiger partial charge in [-0.25, -0.2) is 13.2 Å². The number of sulfone groups is 1. The molecule has 0 aliphatic rings. The molecule has 0 bridgehead atoms. The van der Waals surface area contributed by atoms with Crippen LogP contribution in [0.2, 0.25) is 0 Å². The van der Waals surface area contributed by atoms with E-state index in [9.17, 15) is 18.0 Å². The van der Waals surface area contributed by atoms with Crippen molar-refractivity contribution < 1.29 is 22.7 Å². The topological polar surface area (TPSA) is 89.5 Å². The van der Waals surface area contributed by atoms with Gasteiger partial charge in [-0.05, 0) is 26.0 Å². The zero-order valence-corrected chi connectivity index (χ0v) is 12.6. The minimum atomic E-state index is -3.59. The monoisotopic (exact) mass is 299 g/mol. The minimum Gasteiger partial charge on any atom is -0.465 e. The molecule has 0 aliphatic carbocycles. The number of methoxy groups -OCH3 is 1. The second-order valence-electron chi connectivity index (χ2n) is 4.77. The highest BCUT2D eigenvalue weighted by Gasteiger charge is 2.38. The SMILES string of the molecule is COC(=O)c1ccccc1NC(=O)C(C)(C)S(C)(=O)=O. The molecule has 1 aromatic rings. The van der Waals surface area contributed by atoms with Crippen molar-refractivity contribution in [3.63, 3.8) is 0 Å². The molecule has 110 valence electrons. The van der Waals surface area contributed by atoms with Gasteiger partial charge in [0.05, 0.1) is 18.4 Å². The first-order valence-electron chi connectivity index (χ1n) is 5.79. The number of benzene rings is 1. The molecule has 1 rings (SSSR count). The number of ether oxygens (including phenoxy) is 1. The van der Waals surface area contributed by atoms with Gasteiger partial charge in [-0.1, -0.05) is 12.1 Å². The van der Waals surface area contributed by atoms with E-state index in [0.29, 0.717) is 0 Å². The Balaban J connectivity index is 3.13. The molecule has 0 unspecified atom stereocenters. The lowest BCUT2D eigenvalue weighted by atomic mass is 10.1. The predicted molar refractivity (Wildman–Crippen MR) is 75.3 cm³/mol. The van der Waals surface area contributed by atoms with Gasteiger partial charge in [-0.3, -0.25) is 4.79 Å². The fraction of sp³-hybridized carbons (Fsp3) is 0.385. The largest absolute Gasteiger partial charge is 0.465 e. The van der Waals surface area contributed by atoms with Crippen LogP contribution in [0.15, 0.2) is 24.3 Å². The third-order valence-corrected chi connectivity index (χ3v) is 5.09. The molecular formula is C13H17NO5S. The summed E-state index contributed by atoms with van der Waals surface area (Å²) in [5.41, 5.74) is 0.369. The first-order valence-corrected chi connectivity index (χ1v) is 7.69. The van der Waals surface area contributed by atoms with Crippen LogP contribution in [0.25, 0.3) is 0 Å². The Morgan fingerprint density at radius 1 is 1.20 bits per heavy atom. The van der Waals surface area contributed by atoms with Crippen molar-refractivity contribution >= 4 is 27.4 Å². The fourth-order valence-corrected chi connectivity index (χ4v) is 1.71. The summed E-state index contributed by atoms with van der Waals surface area (Å²) in [6.07, 6.45) is 0.985. The second-order valence-corrected chi connectivity index (χ2v) is 7.34. The Hall–Kier alpha value is -1.89. The number of hydrogen-bond donors (Lipinski definition) is 1. The van der Waals surface area contributed by atoms with Gasteiger partial charge in [0.1, 0.15) is 4.75 Å². The number of anilines is 1. The summed E-state index contributed by atoms with van der Waals surface area (Å²) in [6.45, 7) is 2.61. The van der Waals surface area contributed by atoms with Crippen molar-refractivity contribution in [3.05, 3.63) is 29.8 Å². The molecule has 0 radical (unpaired) electrons. The van der Waals surface area contributed by atoms with E-state index in [2.05, 4.69) is 10.1 Å². The van der Waals surface area contributed by atoms with E-state index in [0.717, 1.165) is 6.26 Å². The summed E-state index contributed by atoms with van der Waals surface area (Å²) in [7, 11) is -2.36. The Bertz CT molecular complexity index is 634. The van der Waals surface area contributed by atoms with Crippen LogP contribution in [-0.4, -0.2) is 38.4 Å². The lowest BCUT2D eigenvalue weighted by Crippen LogP contribution is -2.44. The van der Waals surface area contributed by atoms with Crippen molar-refractivity contribution in [2.75, 3.05) is 18.7 Å². The maximum Gasteiger partial charge on any atom is 0.339 e. The Kier molecular flexibility index (Phi) is 4.54. The van der Waals surface area contributed by atoms with Crippen LogP contribution in [-0.2, 0) is 19.4 Å². The summed E-state index contributed by atoms with van der Waals surface area (Å²) in [6, 6.07) is 6.22. The van der Waals surface area contributed by atoms with Crippen LogP contribution in [0.1, 0.15) is 24.2 Å². The van der Waals surface area contributed by atoms with E-state index < -0.39 is 26.5 Å². The molecule has 1 aromatic carbocycles. The van der Waals surface area contributed by atoms with Gasteiger partial charge in [-0.15, -0.1) is 0 Å². The van der Waals surface area contributed by atoms with E-state index in [1.54, 1.807) is 12.1 Å². The van der Waals surface area contributed by atoms with Crippen LogP contribution < -0.4 is 5.32 Å². The zero-order chi connectivity index (χ0) is 15.6. The molecular weight excluding hydrogens is 282 g/mol. The van der Waals surface area contributed by atoms with Crippen LogP contribution >= 0.6 is 0 Å². The highest BCUT2D eigenvalue weighted by Crippen LogP contribution is 2.21. The number of hydrogen-bond acceptors (Lipinski definition) is 5. The minimum absolute atomic E-state index is 0.160. The summed E-state index contributed by atoms with van der Waals surface area (Å²) >= 11 is 0. The van der Waals surface area contributed by atoms with Gasteiger partial charge in [-0.2, -0.15) is 0 Å². The van der Waals surface area contributed by atoms with Gasteiger partial charge in [0.2, 0.25) is 5.91 Å². The molecule has 0 saturated carbocycles. The third-order valence-electron chi connectivity index (χ3n) is 3.05.